The summed E-state index contributed by atoms with van der Waals surface area (Å²) in [6, 6.07) is 0. The highest BCUT2D eigenvalue weighted by atomic mass is 14.9. The van der Waals surface area contributed by atoms with Crippen LogP contribution in [0.15, 0.2) is 11.8 Å². The van der Waals surface area contributed by atoms with Crippen molar-refractivity contribution in [2.24, 2.45) is 17.8 Å². The summed E-state index contributed by atoms with van der Waals surface area (Å²) in [5.41, 5.74) is 1.44. The lowest BCUT2D eigenvalue weighted by molar-refractivity contribution is 0.354. The maximum absolute atomic E-state index is 3.51. The van der Waals surface area contributed by atoms with E-state index in [1.54, 1.807) is 0 Å². The Morgan fingerprint density at radius 3 is 2.33 bits per heavy atom. The van der Waals surface area contributed by atoms with E-state index < -0.39 is 0 Å². The van der Waals surface area contributed by atoms with Crippen LogP contribution in [0, 0.1) is 17.8 Å². The summed E-state index contributed by atoms with van der Waals surface area (Å²) in [6.45, 7) is 10.3. The van der Waals surface area contributed by atoms with Gasteiger partial charge >= 0.3 is 0 Å². The van der Waals surface area contributed by atoms with E-state index in [0.29, 0.717) is 5.92 Å². The van der Waals surface area contributed by atoms with Gasteiger partial charge in [0.1, 0.15) is 0 Å². The number of hydrogen-bond donors (Lipinski definition) is 1. The Bertz CT molecular complexity index is 168. The molecule has 0 aromatic carbocycles. The van der Waals surface area contributed by atoms with Crippen LogP contribution >= 0.6 is 0 Å². The van der Waals surface area contributed by atoms with E-state index in [4.69, 9.17) is 0 Å². The first kappa shape index (κ1) is 9.63. The average molecular weight is 167 g/mol. The first-order chi connectivity index (χ1) is 5.61. The molecule has 0 bridgehead atoms. The van der Waals surface area contributed by atoms with E-state index in [1.807, 2.05) is 0 Å². The molecule has 0 saturated carbocycles. The highest BCUT2D eigenvalue weighted by molar-refractivity contribution is 5.07. The van der Waals surface area contributed by atoms with Crippen LogP contribution in [-0.4, -0.2) is 6.54 Å². The summed E-state index contributed by atoms with van der Waals surface area (Å²) in [6.07, 6.45) is 3.64. The van der Waals surface area contributed by atoms with E-state index in [2.05, 4.69) is 39.1 Å². The largest absolute Gasteiger partial charge is 0.388 e. The lowest BCUT2D eigenvalue weighted by Gasteiger charge is -2.28. The van der Waals surface area contributed by atoms with Gasteiger partial charge in [-0.05, 0) is 24.2 Å². The van der Waals surface area contributed by atoms with Crippen molar-refractivity contribution in [3.05, 3.63) is 11.8 Å². The molecule has 0 aromatic rings. The fourth-order valence-corrected chi connectivity index (χ4v) is 1.63. The number of hydrogen-bond acceptors (Lipinski definition) is 1. The van der Waals surface area contributed by atoms with Gasteiger partial charge < -0.3 is 5.32 Å². The summed E-state index contributed by atoms with van der Waals surface area (Å²) in [5, 5.41) is 3.51. The molecule has 1 heterocycles. The lowest BCUT2D eigenvalue weighted by Crippen LogP contribution is -2.31. The fraction of sp³-hybridized carbons (Fsp3) is 0.818. The molecule has 0 amide bonds. The Labute approximate surface area is 76.2 Å². The topological polar surface area (TPSA) is 12.0 Å². The van der Waals surface area contributed by atoms with E-state index in [-0.39, 0.29) is 0 Å². The molecule has 0 radical (unpaired) electrons. The molecule has 1 aliphatic rings. The van der Waals surface area contributed by atoms with Crippen molar-refractivity contribution in [3.8, 4) is 0 Å². The van der Waals surface area contributed by atoms with Crippen LogP contribution in [0.3, 0.4) is 0 Å². The molecule has 1 N–H and O–H groups in total. The maximum Gasteiger partial charge on any atom is 0.0177 e. The van der Waals surface area contributed by atoms with Gasteiger partial charge in [-0.3, -0.25) is 0 Å². The SMILES string of the molecule is CC(C)C1=CCC(C(C)C)CN1. The predicted octanol–water partition coefficient (Wildman–Crippen LogP) is 2.79. The van der Waals surface area contributed by atoms with Crippen LogP contribution in [0.2, 0.25) is 0 Å². The molecule has 0 spiro atoms. The molecule has 1 aliphatic heterocycles. The molecule has 1 nitrogen and oxygen atoms in total. The zero-order valence-electron chi connectivity index (χ0n) is 8.72. The van der Waals surface area contributed by atoms with E-state index in [0.717, 1.165) is 11.8 Å². The minimum Gasteiger partial charge on any atom is -0.388 e. The first-order valence-electron chi connectivity index (χ1n) is 5.05. The Hall–Kier alpha value is -0.460. The smallest absolute Gasteiger partial charge is 0.0177 e. The van der Waals surface area contributed by atoms with Crippen molar-refractivity contribution in [2.45, 2.75) is 34.1 Å². The molecular weight excluding hydrogens is 146 g/mol. The standard InChI is InChI=1S/C11H21N/c1-8(2)10-5-6-11(9(3)4)12-7-10/h6,8-10,12H,5,7H2,1-4H3. The molecule has 0 saturated heterocycles. The maximum atomic E-state index is 3.51. The van der Waals surface area contributed by atoms with Crippen LogP contribution in [-0.2, 0) is 0 Å². The monoisotopic (exact) mass is 167 g/mol. The summed E-state index contributed by atoms with van der Waals surface area (Å²) in [5.74, 6) is 2.31. The Kier molecular flexibility index (Phi) is 3.19. The van der Waals surface area contributed by atoms with Crippen LogP contribution in [0.4, 0.5) is 0 Å². The normalized spacial score (nSPS) is 24.2. The Morgan fingerprint density at radius 2 is 2.00 bits per heavy atom. The third-order valence-electron chi connectivity index (χ3n) is 2.77. The Morgan fingerprint density at radius 1 is 1.33 bits per heavy atom. The van der Waals surface area contributed by atoms with Gasteiger partial charge in [0, 0.05) is 12.2 Å². The highest BCUT2D eigenvalue weighted by Gasteiger charge is 2.17. The van der Waals surface area contributed by atoms with Gasteiger partial charge in [-0.1, -0.05) is 33.8 Å². The fourth-order valence-electron chi connectivity index (χ4n) is 1.63. The third kappa shape index (κ3) is 2.26. The summed E-state index contributed by atoms with van der Waals surface area (Å²) in [7, 11) is 0. The van der Waals surface area contributed by atoms with Gasteiger partial charge in [-0.2, -0.15) is 0 Å². The summed E-state index contributed by atoms with van der Waals surface area (Å²) >= 11 is 0. The predicted molar refractivity (Wildman–Crippen MR) is 53.9 cm³/mol. The van der Waals surface area contributed by atoms with Gasteiger partial charge in [0.2, 0.25) is 0 Å². The van der Waals surface area contributed by atoms with Gasteiger partial charge in [0.05, 0.1) is 0 Å². The Balaban J connectivity index is 2.47. The number of nitrogens with one attached hydrogen (secondary N) is 1. The van der Waals surface area contributed by atoms with Crippen LogP contribution < -0.4 is 5.32 Å². The van der Waals surface area contributed by atoms with Crippen LogP contribution in [0.1, 0.15) is 34.1 Å². The number of rotatable bonds is 2. The van der Waals surface area contributed by atoms with Gasteiger partial charge in [-0.25, -0.2) is 0 Å². The molecule has 70 valence electrons. The molecule has 0 aromatic heterocycles. The van der Waals surface area contributed by atoms with Crippen molar-refractivity contribution < 1.29 is 0 Å². The van der Waals surface area contributed by atoms with Crippen molar-refractivity contribution in [1.82, 2.24) is 5.32 Å². The summed E-state index contributed by atoms with van der Waals surface area (Å²) in [4.78, 5) is 0. The van der Waals surface area contributed by atoms with E-state index >= 15 is 0 Å². The van der Waals surface area contributed by atoms with Crippen LogP contribution in [0.5, 0.6) is 0 Å². The molecule has 12 heavy (non-hydrogen) atoms. The zero-order valence-corrected chi connectivity index (χ0v) is 8.72. The quantitative estimate of drug-likeness (QED) is 0.667. The molecule has 1 heteroatoms. The van der Waals surface area contributed by atoms with Crippen molar-refractivity contribution in [2.75, 3.05) is 6.54 Å². The minimum absolute atomic E-state index is 0.665. The van der Waals surface area contributed by atoms with Crippen molar-refractivity contribution in [1.29, 1.82) is 0 Å². The third-order valence-corrected chi connectivity index (χ3v) is 2.77. The van der Waals surface area contributed by atoms with Gasteiger partial charge in [0.15, 0.2) is 0 Å². The molecule has 1 rings (SSSR count). The molecule has 0 fully saturated rings. The van der Waals surface area contributed by atoms with Crippen molar-refractivity contribution >= 4 is 0 Å². The number of allylic oxidation sites excluding steroid dienone is 2. The second-order valence-electron chi connectivity index (χ2n) is 4.43. The van der Waals surface area contributed by atoms with Crippen molar-refractivity contribution in [3.63, 3.8) is 0 Å². The zero-order chi connectivity index (χ0) is 9.14. The lowest BCUT2D eigenvalue weighted by atomic mass is 9.88. The van der Waals surface area contributed by atoms with E-state index in [9.17, 15) is 0 Å². The molecule has 0 aliphatic carbocycles. The highest BCUT2D eigenvalue weighted by Crippen LogP contribution is 2.21. The second-order valence-corrected chi connectivity index (χ2v) is 4.43. The molecule has 1 atom stereocenters. The molecular formula is C11H21N. The van der Waals surface area contributed by atoms with Gasteiger partial charge in [-0.15, -0.1) is 0 Å². The van der Waals surface area contributed by atoms with Gasteiger partial charge in [0.25, 0.3) is 0 Å². The second kappa shape index (κ2) is 3.97. The first-order valence-corrected chi connectivity index (χ1v) is 5.05. The molecule has 1 unspecified atom stereocenters. The van der Waals surface area contributed by atoms with E-state index in [1.165, 1.54) is 18.7 Å². The summed E-state index contributed by atoms with van der Waals surface area (Å²) < 4.78 is 0. The van der Waals surface area contributed by atoms with Crippen LogP contribution in [0.25, 0.3) is 0 Å². The average Bonchev–Trinajstić information content (AvgIpc) is 2.04. The minimum atomic E-state index is 0.665.